The molecule has 0 bridgehead atoms. The van der Waals surface area contributed by atoms with E-state index < -0.39 is 6.10 Å². The molecule has 5 heteroatoms. The summed E-state index contributed by atoms with van der Waals surface area (Å²) in [5.74, 6) is 0. The quantitative estimate of drug-likeness (QED) is 0.916. The van der Waals surface area contributed by atoms with Crippen LogP contribution in [0.2, 0.25) is 5.02 Å². The lowest BCUT2D eigenvalue weighted by Crippen LogP contribution is -1.99. The van der Waals surface area contributed by atoms with Crippen molar-refractivity contribution in [2.45, 2.75) is 19.4 Å². The van der Waals surface area contributed by atoms with E-state index in [-0.39, 0.29) is 0 Å². The van der Waals surface area contributed by atoms with E-state index in [2.05, 4.69) is 4.98 Å². The van der Waals surface area contributed by atoms with E-state index in [0.717, 1.165) is 15.6 Å². The van der Waals surface area contributed by atoms with E-state index in [1.807, 2.05) is 17.7 Å². The molecule has 1 atom stereocenters. The van der Waals surface area contributed by atoms with Crippen LogP contribution in [0.5, 0.6) is 0 Å². The monoisotopic (exact) mass is 259 g/mol. The van der Waals surface area contributed by atoms with Crippen LogP contribution in [0.15, 0.2) is 16.8 Å². The summed E-state index contributed by atoms with van der Waals surface area (Å²) in [6.07, 6.45) is 0.00157. The van der Waals surface area contributed by atoms with Crippen LogP contribution in [-0.4, -0.2) is 10.1 Å². The van der Waals surface area contributed by atoms with E-state index in [0.29, 0.717) is 11.4 Å². The molecule has 15 heavy (non-hydrogen) atoms. The number of thiazole rings is 1. The molecule has 0 aliphatic carbocycles. The zero-order chi connectivity index (χ0) is 10.8. The van der Waals surface area contributed by atoms with Crippen LogP contribution in [0.1, 0.15) is 21.7 Å². The summed E-state index contributed by atoms with van der Waals surface area (Å²) in [5, 5.41) is 15.4. The zero-order valence-electron chi connectivity index (χ0n) is 8.11. The van der Waals surface area contributed by atoms with Gasteiger partial charge in [-0.25, -0.2) is 4.98 Å². The molecule has 0 spiro atoms. The highest BCUT2D eigenvalue weighted by molar-refractivity contribution is 7.10. The minimum atomic E-state index is -0.539. The molecule has 0 aromatic carbocycles. The molecule has 80 valence electrons. The van der Waals surface area contributed by atoms with Crippen molar-refractivity contribution < 1.29 is 5.11 Å². The Morgan fingerprint density at radius 1 is 1.53 bits per heavy atom. The van der Waals surface area contributed by atoms with E-state index in [1.54, 1.807) is 17.4 Å². The molecule has 2 aromatic rings. The molecule has 0 aliphatic heterocycles. The second-order valence-electron chi connectivity index (χ2n) is 3.24. The van der Waals surface area contributed by atoms with Crippen LogP contribution in [-0.2, 0) is 6.42 Å². The SMILES string of the molecule is Cc1csc(CC(O)c2sccc2Cl)n1. The Morgan fingerprint density at radius 2 is 2.33 bits per heavy atom. The van der Waals surface area contributed by atoms with Crippen LogP contribution in [0.25, 0.3) is 0 Å². The van der Waals surface area contributed by atoms with Gasteiger partial charge in [0.1, 0.15) is 0 Å². The fourth-order valence-corrected chi connectivity index (χ4v) is 3.28. The van der Waals surface area contributed by atoms with Crippen molar-refractivity contribution in [1.82, 2.24) is 4.98 Å². The number of thiophene rings is 1. The van der Waals surface area contributed by atoms with E-state index in [9.17, 15) is 5.11 Å². The molecule has 0 saturated carbocycles. The number of aromatic nitrogens is 1. The Morgan fingerprint density at radius 3 is 2.87 bits per heavy atom. The molecule has 1 unspecified atom stereocenters. The Hall–Kier alpha value is -0.420. The van der Waals surface area contributed by atoms with Gasteiger partial charge < -0.3 is 5.11 Å². The summed E-state index contributed by atoms with van der Waals surface area (Å²) >= 11 is 8.99. The fourth-order valence-electron chi connectivity index (χ4n) is 1.30. The van der Waals surface area contributed by atoms with Gasteiger partial charge in [0.15, 0.2) is 0 Å². The summed E-state index contributed by atoms with van der Waals surface area (Å²) in [6.45, 7) is 1.95. The molecular weight excluding hydrogens is 250 g/mol. The Bertz CT molecular complexity index is 452. The third-order valence-corrected chi connectivity index (χ3v) is 4.43. The van der Waals surface area contributed by atoms with Crippen molar-refractivity contribution in [3.63, 3.8) is 0 Å². The van der Waals surface area contributed by atoms with Gasteiger partial charge in [0.25, 0.3) is 0 Å². The van der Waals surface area contributed by atoms with E-state index >= 15 is 0 Å². The van der Waals surface area contributed by atoms with Gasteiger partial charge >= 0.3 is 0 Å². The fraction of sp³-hybridized carbons (Fsp3) is 0.300. The van der Waals surface area contributed by atoms with Crippen molar-refractivity contribution in [3.8, 4) is 0 Å². The third-order valence-electron chi connectivity index (χ3n) is 1.98. The maximum atomic E-state index is 9.95. The number of aliphatic hydroxyl groups is 1. The molecule has 2 aromatic heterocycles. The van der Waals surface area contributed by atoms with Gasteiger partial charge in [0.2, 0.25) is 0 Å². The summed E-state index contributed by atoms with van der Waals surface area (Å²) in [6, 6.07) is 1.80. The number of hydrogen-bond donors (Lipinski definition) is 1. The lowest BCUT2D eigenvalue weighted by atomic mass is 10.2. The van der Waals surface area contributed by atoms with Crippen molar-refractivity contribution in [3.05, 3.63) is 37.4 Å². The minimum absolute atomic E-state index is 0.539. The average Bonchev–Trinajstić information content (AvgIpc) is 2.75. The minimum Gasteiger partial charge on any atom is -0.387 e. The maximum Gasteiger partial charge on any atom is 0.0960 e. The van der Waals surface area contributed by atoms with Crippen molar-refractivity contribution in [1.29, 1.82) is 0 Å². The Labute approximate surface area is 101 Å². The molecule has 2 rings (SSSR count). The highest BCUT2D eigenvalue weighted by Crippen LogP contribution is 2.31. The first-order valence-corrected chi connectivity index (χ1v) is 6.62. The summed E-state index contributed by atoms with van der Waals surface area (Å²) in [4.78, 5) is 5.13. The number of aliphatic hydroxyl groups excluding tert-OH is 1. The maximum absolute atomic E-state index is 9.95. The highest BCUT2D eigenvalue weighted by Gasteiger charge is 2.15. The lowest BCUT2D eigenvalue weighted by molar-refractivity contribution is 0.182. The van der Waals surface area contributed by atoms with Crippen molar-refractivity contribution in [2.24, 2.45) is 0 Å². The van der Waals surface area contributed by atoms with Gasteiger partial charge in [0, 0.05) is 17.5 Å². The van der Waals surface area contributed by atoms with Gasteiger partial charge in [-0.3, -0.25) is 0 Å². The average molecular weight is 260 g/mol. The predicted octanol–water partition coefficient (Wildman–Crippen LogP) is 3.44. The molecular formula is C10H10ClNOS2. The molecule has 2 heterocycles. The van der Waals surface area contributed by atoms with Crippen LogP contribution in [0.4, 0.5) is 0 Å². The zero-order valence-corrected chi connectivity index (χ0v) is 10.5. The number of halogens is 1. The first kappa shape index (κ1) is 11.1. The number of rotatable bonds is 3. The molecule has 2 nitrogen and oxygen atoms in total. The molecule has 0 fully saturated rings. The van der Waals surface area contributed by atoms with Gasteiger partial charge in [-0.05, 0) is 18.4 Å². The van der Waals surface area contributed by atoms with Crippen LogP contribution >= 0.6 is 34.3 Å². The first-order valence-electron chi connectivity index (χ1n) is 4.49. The van der Waals surface area contributed by atoms with E-state index in [4.69, 9.17) is 11.6 Å². The molecule has 0 amide bonds. The summed E-state index contributed by atoms with van der Waals surface area (Å²) < 4.78 is 0. The second kappa shape index (κ2) is 4.61. The summed E-state index contributed by atoms with van der Waals surface area (Å²) in [7, 11) is 0. The predicted molar refractivity (Wildman–Crippen MR) is 64.8 cm³/mol. The van der Waals surface area contributed by atoms with Crippen LogP contribution in [0, 0.1) is 6.92 Å². The Balaban J connectivity index is 2.10. The number of nitrogens with zero attached hydrogens (tertiary/aromatic N) is 1. The second-order valence-corrected chi connectivity index (χ2v) is 5.53. The van der Waals surface area contributed by atoms with Crippen molar-refractivity contribution in [2.75, 3.05) is 0 Å². The standard InChI is InChI=1S/C10H10ClNOS2/c1-6-5-15-9(12-6)4-8(13)10-7(11)2-3-14-10/h2-3,5,8,13H,4H2,1H3. The molecule has 0 aliphatic rings. The van der Waals surface area contributed by atoms with Crippen LogP contribution < -0.4 is 0 Å². The number of aryl methyl sites for hydroxylation is 1. The van der Waals surface area contributed by atoms with Gasteiger partial charge in [-0.1, -0.05) is 11.6 Å². The molecule has 1 N–H and O–H groups in total. The largest absolute Gasteiger partial charge is 0.387 e. The normalized spacial score (nSPS) is 13.0. The van der Waals surface area contributed by atoms with E-state index in [1.165, 1.54) is 11.3 Å². The molecule has 0 saturated heterocycles. The van der Waals surface area contributed by atoms with Gasteiger partial charge in [0.05, 0.1) is 21.0 Å². The topological polar surface area (TPSA) is 33.1 Å². The van der Waals surface area contributed by atoms with Crippen molar-refractivity contribution >= 4 is 34.3 Å². The Kier molecular flexibility index (Phi) is 3.41. The van der Waals surface area contributed by atoms with Gasteiger partial charge in [-0.15, -0.1) is 22.7 Å². The number of hydrogen-bond acceptors (Lipinski definition) is 4. The lowest BCUT2D eigenvalue weighted by Gasteiger charge is -2.06. The summed E-state index contributed by atoms with van der Waals surface area (Å²) in [5.41, 5.74) is 1.000. The molecule has 0 radical (unpaired) electrons. The smallest absolute Gasteiger partial charge is 0.0960 e. The van der Waals surface area contributed by atoms with Crippen LogP contribution in [0.3, 0.4) is 0 Å². The van der Waals surface area contributed by atoms with Gasteiger partial charge in [-0.2, -0.15) is 0 Å². The highest BCUT2D eigenvalue weighted by atomic mass is 35.5. The third kappa shape index (κ3) is 2.58. The first-order chi connectivity index (χ1) is 7.16.